The van der Waals surface area contributed by atoms with Gasteiger partial charge in [-0.2, -0.15) is 0 Å². The highest BCUT2D eigenvalue weighted by molar-refractivity contribution is 5.97. The summed E-state index contributed by atoms with van der Waals surface area (Å²) in [5.41, 5.74) is -2.02. The van der Waals surface area contributed by atoms with Crippen LogP contribution < -0.4 is 0 Å². The molecule has 2 atom stereocenters. The van der Waals surface area contributed by atoms with Crippen LogP contribution in [0, 0.1) is 0 Å². The summed E-state index contributed by atoms with van der Waals surface area (Å²) in [6.45, 7) is 0. The largest absolute Gasteiger partial charge is 0.479 e. The van der Waals surface area contributed by atoms with Crippen molar-refractivity contribution in [3.63, 3.8) is 0 Å². The zero-order valence-corrected chi connectivity index (χ0v) is 12.3. The number of benzene rings is 2. The molecule has 0 bridgehead atoms. The first-order chi connectivity index (χ1) is 11.0. The summed E-state index contributed by atoms with van der Waals surface area (Å²) in [7, 11) is 0. The number of carboxylic acids is 2. The molecule has 1 fully saturated rings. The monoisotopic (exact) mass is 312 g/mol. The van der Waals surface area contributed by atoms with E-state index in [0.29, 0.717) is 0 Å². The molecule has 5 heteroatoms. The average Bonchev–Trinajstić information content (AvgIpc) is 3.19. The van der Waals surface area contributed by atoms with E-state index < -0.39 is 23.1 Å². The van der Waals surface area contributed by atoms with Gasteiger partial charge in [-0.1, -0.05) is 60.7 Å². The van der Waals surface area contributed by atoms with Crippen LogP contribution in [0.2, 0.25) is 0 Å². The minimum absolute atomic E-state index is 0.0162. The van der Waals surface area contributed by atoms with Gasteiger partial charge in [0.2, 0.25) is 11.2 Å². The smallest absolute Gasteiger partial charge is 0.340 e. The lowest BCUT2D eigenvalue weighted by molar-refractivity contribution is -0.146. The van der Waals surface area contributed by atoms with Gasteiger partial charge in [0.05, 0.1) is 0 Å². The Labute approximate surface area is 133 Å². The molecule has 0 radical (unpaired) electrons. The van der Waals surface area contributed by atoms with E-state index >= 15 is 0 Å². The van der Waals surface area contributed by atoms with E-state index in [1.165, 1.54) is 0 Å². The fraction of sp³-hybridized carbons (Fsp3) is 0.222. The molecule has 1 heterocycles. The molecule has 0 unspecified atom stereocenters. The molecule has 1 saturated heterocycles. The van der Waals surface area contributed by atoms with Crippen LogP contribution in [-0.4, -0.2) is 33.4 Å². The second kappa shape index (κ2) is 5.52. The normalized spacial score (nSPS) is 25.7. The van der Waals surface area contributed by atoms with Crippen LogP contribution in [0.4, 0.5) is 0 Å². The Hall–Kier alpha value is -2.66. The molecule has 0 saturated carbocycles. The third-order valence-electron chi connectivity index (χ3n) is 4.24. The van der Waals surface area contributed by atoms with Crippen molar-refractivity contribution in [1.29, 1.82) is 0 Å². The van der Waals surface area contributed by atoms with Gasteiger partial charge >= 0.3 is 11.9 Å². The van der Waals surface area contributed by atoms with Crippen molar-refractivity contribution >= 4 is 11.9 Å². The maximum atomic E-state index is 11.8. The molecule has 0 spiro atoms. The number of epoxide rings is 1. The third-order valence-corrected chi connectivity index (χ3v) is 4.24. The summed E-state index contributed by atoms with van der Waals surface area (Å²) < 4.78 is 5.42. The Morgan fingerprint density at radius 1 is 0.739 bits per heavy atom. The molecular formula is C18H16O5. The maximum Gasteiger partial charge on any atom is 0.340 e. The second-order valence-electron chi connectivity index (χ2n) is 5.69. The minimum Gasteiger partial charge on any atom is -0.479 e. The summed E-state index contributed by atoms with van der Waals surface area (Å²) in [5, 5.41) is 19.3. The molecule has 0 amide bonds. The molecule has 1 aliphatic heterocycles. The van der Waals surface area contributed by atoms with Crippen LogP contribution in [0.1, 0.15) is 11.1 Å². The van der Waals surface area contributed by atoms with Gasteiger partial charge in [-0.15, -0.1) is 0 Å². The third kappa shape index (κ3) is 2.49. The van der Waals surface area contributed by atoms with Crippen molar-refractivity contribution in [3.8, 4) is 0 Å². The van der Waals surface area contributed by atoms with Gasteiger partial charge in [0, 0.05) is 12.8 Å². The molecule has 2 N–H and O–H groups in total. The topological polar surface area (TPSA) is 87.1 Å². The minimum atomic E-state index is -1.74. The summed E-state index contributed by atoms with van der Waals surface area (Å²) >= 11 is 0. The van der Waals surface area contributed by atoms with E-state index in [1.54, 1.807) is 48.5 Å². The Morgan fingerprint density at radius 3 is 1.39 bits per heavy atom. The molecule has 1 aliphatic rings. The highest BCUT2D eigenvalue weighted by Crippen LogP contribution is 2.52. The van der Waals surface area contributed by atoms with Crippen molar-refractivity contribution in [1.82, 2.24) is 0 Å². The molecule has 2 aromatic rings. The number of carbonyl (C=O) groups is 2. The number of aliphatic carboxylic acids is 2. The zero-order chi connectivity index (χ0) is 16.5. The van der Waals surface area contributed by atoms with Crippen LogP contribution in [-0.2, 0) is 27.2 Å². The summed E-state index contributed by atoms with van der Waals surface area (Å²) in [5.74, 6) is -2.50. The molecule has 23 heavy (non-hydrogen) atoms. The summed E-state index contributed by atoms with van der Waals surface area (Å²) in [6.07, 6.45) is 0.0324. The SMILES string of the molecule is O=C(O)[C@@]1(Cc2ccccc2)O[C@]1(Cc1ccccc1)C(=O)O. The summed E-state index contributed by atoms with van der Waals surface area (Å²) in [6, 6.07) is 17.8. The predicted molar refractivity (Wildman–Crippen MR) is 82.1 cm³/mol. The highest BCUT2D eigenvalue weighted by atomic mass is 16.7. The van der Waals surface area contributed by atoms with Gasteiger partial charge in [-0.05, 0) is 11.1 Å². The van der Waals surface area contributed by atoms with Crippen LogP contribution >= 0.6 is 0 Å². The number of hydrogen-bond acceptors (Lipinski definition) is 3. The Morgan fingerprint density at radius 2 is 1.09 bits per heavy atom. The van der Waals surface area contributed by atoms with Crippen LogP contribution in [0.15, 0.2) is 60.7 Å². The number of rotatable bonds is 6. The number of ether oxygens (including phenoxy) is 1. The standard InChI is InChI=1S/C18H16O5/c19-15(20)17(11-13-7-3-1-4-8-13)18(23-17,16(21)22)12-14-9-5-2-6-10-14/h1-10H,11-12H2,(H,19,20)(H,21,22)/t17-,18-/m1/s1. The molecule has 0 aromatic heterocycles. The van der Waals surface area contributed by atoms with Crippen LogP contribution in [0.25, 0.3) is 0 Å². The lowest BCUT2D eigenvalue weighted by atomic mass is 9.83. The van der Waals surface area contributed by atoms with Crippen LogP contribution in [0.3, 0.4) is 0 Å². The second-order valence-corrected chi connectivity index (χ2v) is 5.69. The Kier molecular flexibility index (Phi) is 3.66. The Balaban J connectivity index is 1.95. The number of carboxylic acid groups (broad SMARTS) is 2. The van der Waals surface area contributed by atoms with Crippen molar-refractivity contribution in [2.45, 2.75) is 24.0 Å². The molecule has 3 rings (SSSR count). The number of hydrogen-bond donors (Lipinski definition) is 2. The highest BCUT2D eigenvalue weighted by Gasteiger charge is 2.79. The fourth-order valence-electron chi connectivity index (χ4n) is 2.98. The lowest BCUT2D eigenvalue weighted by Crippen LogP contribution is -2.42. The van der Waals surface area contributed by atoms with Gasteiger partial charge in [-0.25, -0.2) is 9.59 Å². The van der Waals surface area contributed by atoms with Gasteiger partial charge in [-0.3, -0.25) is 0 Å². The van der Waals surface area contributed by atoms with E-state index in [9.17, 15) is 19.8 Å². The first-order valence-corrected chi connectivity index (χ1v) is 7.25. The fourth-order valence-corrected chi connectivity index (χ4v) is 2.98. The molecule has 0 aliphatic carbocycles. The van der Waals surface area contributed by atoms with Crippen molar-refractivity contribution in [3.05, 3.63) is 71.8 Å². The molecule has 2 aromatic carbocycles. The van der Waals surface area contributed by atoms with Gasteiger partial charge in [0.1, 0.15) is 0 Å². The zero-order valence-electron chi connectivity index (χ0n) is 12.3. The van der Waals surface area contributed by atoms with E-state index in [2.05, 4.69) is 0 Å². The van der Waals surface area contributed by atoms with Crippen molar-refractivity contribution < 1.29 is 24.5 Å². The average molecular weight is 312 g/mol. The van der Waals surface area contributed by atoms with Crippen molar-refractivity contribution in [2.75, 3.05) is 0 Å². The first kappa shape index (κ1) is 15.2. The van der Waals surface area contributed by atoms with Gasteiger partial charge < -0.3 is 14.9 Å². The van der Waals surface area contributed by atoms with E-state index in [1.807, 2.05) is 12.1 Å². The lowest BCUT2D eigenvalue weighted by Gasteiger charge is -2.14. The van der Waals surface area contributed by atoms with E-state index in [-0.39, 0.29) is 12.8 Å². The molecule has 5 nitrogen and oxygen atoms in total. The van der Waals surface area contributed by atoms with Crippen LogP contribution in [0.5, 0.6) is 0 Å². The maximum absolute atomic E-state index is 11.8. The van der Waals surface area contributed by atoms with E-state index in [0.717, 1.165) is 11.1 Å². The first-order valence-electron chi connectivity index (χ1n) is 7.25. The Bertz CT molecular complexity index is 664. The van der Waals surface area contributed by atoms with Crippen molar-refractivity contribution in [2.24, 2.45) is 0 Å². The predicted octanol–water partition coefficient (Wildman–Crippen LogP) is 2.15. The van der Waals surface area contributed by atoms with E-state index in [4.69, 9.17) is 4.74 Å². The van der Waals surface area contributed by atoms with Gasteiger partial charge in [0.15, 0.2) is 0 Å². The van der Waals surface area contributed by atoms with Gasteiger partial charge in [0.25, 0.3) is 0 Å². The summed E-state index contributed by atoms with van der Waals surface area (Å²) in [4.78, 5) is 23.6. The molecule has 118 valence electrons. The molecular weight excluding hydrogens is 296 g/mol. The quantitative estimate of drug-likeness (QED) is 0.798.